The molecule has 1 heteroatoms. The Morgan fingerprint density at radius 1 is 0.724 bits per heavy atom. The number of benzene rings is 2. The van der Waals surface area contributed by atoms with Crippen molar-refractivity contribution in [2.45, 2.75) is 90.9 Å². The smallest absolute Gasteiger partial charge is 0.0471 e. The molecule has 1 heterocycles. The number of para-hydroxylation sites is 1. The van der Waals surface area contributed by atoms with Gasteiger partial charge < -0.3 is 4.98 Å². The van der Waals surface area contributed by atoms with E-state index in [1.54, 1.807) is 5.57 Å². The van der Waals surface area contributed by atoms with E-state index in [1.807, 2.05) is 0 Å². The summed E-state index contributed by atoms with van der Waals surface area (Å²) >= 11 is 0. The molecule has 2 aromatic carbocycles. The van der Waals surface area contributed by atoms with E-state index in [9.17, 15) is 0 Å². The summed E-state index contributed by atoms with van der Waals surface area (Å²) in [5, 5.41) is 2.77. The number of unbranched alkanes of at least 4 members (excludes halogenated alkanes) is 9. The lowest BCUT2D eigenvalue weighted by molar-refractivity contribution is 0.633. The highest BCUT2D eigenvalue weighted by molar-refractivity contribution is 6.12. The predicted octanol–water partition coefficient (Wildman–Crippen LogP) is 9.43. The average molecular weight is 390 g/mol. The predicted molar refractivity (Wildman–Crippen MR) is 131 cm³/mol. The number of aromatic amines is 1. The van der Waals surface area contributed by atoms with Crippen LogP contribution in [0.1, 0.15) is 96.5 Å². The Morgan fingerprint density at radius 3 is 2.21 bits per heavy atom. The minimum absolute atomic E-state index is 1.21. The number of H-pyrrole nitrogens is 1. The molecule has 156 valence electrons. The lowest BCUT2D eigenvalue weighted by atomic mass is 9.93. The van der Waals surface area contributed by atoms with E-state index in [-0.39, 0.29) is 0 Å². The lowest BCUT2D eigenvalue weighted by Gasteiger charge is -2.11. The Kier molecular flexibility index (Phi) is 8.86. The van der Waals surface area contributed by atoms with Crippen LogP contribution in [0.2, 0.25) is 0 Å². The van der Waals surface area contributed by atoms with E-state index >= 15 is 0 Å². The molecule has 0 aliphatic carbocycles. The zero-order valence-electron chi connectivity index (χ0n) is 18.6. The fourth-order valence-corrected chi connectivity index (χ4v) is 4.46. The standard InChI is InChI=1S/C28H39N/c1-3-5-7-9-11-13-18-23(17-12-10-8-6-4-2)24-20-16-22-27-28(24)25-19-14-15-21-26(25)29-27/h14-16,18-22,29H,3-13,17H2,1-2H3/b23-18+. The number of aromatic nitrogens is 1. The van der Waals surface area contributed by atoms with Crippen LogP contribution in [-0.2, 0) is 0 Å². The summed E-state index contributed by atoms with van der Waals surface area (Å²) in [5.41, 5.74) is 5.52. The van der Waals surface area contributed by atoms with Crippen LogP contribution in [0.4, 0.5) is 0 Å². The van der Waals surface area contributed by atoms with Crippen LogP contribution in [-0.4, -0.2) is 4.98 Å². The molecule has 0 aliphatic heterocycles. The maximum atomic E-state index is 3.62. The number of nitrogens with one attached hydrogen (secondary N) is 1. The zero-order chi connectivity index (χ0) is 20.3. The fraction of sp³-hybridized carbons (Fsp3) is 0.500. The summed E-state index contributed by atoms with van der Waals surface area (Å²) in [6.45, 7) is 4.58. The molecule has 0 bridgehead atoms. The Morgan fingerprint density at radius 2 is 1.41 bits per heavy atom. The first-order valence-electron chi connectivity index (χ1n) is 12.0. The highest BCUT2D eigenvalue weighted by Gasteiger charge is 2.11. The summed E-state index contributed by atoms with van der Waals surface area (Å²) in [6.07, 6.45) is 18.5. The SMILES string of the molecule is CCCCCCC/C=C(\CCCCCCC)c1cccc2[nH]c3ccccc3c12. The highest BCUT2D eigenvalue weighted by atomic mass is 14.7. The van der Waals surface area contributed by atoms with Gasteiger partial charge in [0.1, 0.15) is 0 Å². The van der Waals surface area contributed by atoms with Gasteiger partial charge in [-0.2, -0.15) is 0 Å². The Hall–Kier alpha value is -2.02. The van der Waals surface area contributed by atoms with Gasteiger partial charge in [-0.1, -0.05) is 102 Å². The quantitative estimate of drug-likeness (QED) is 0.280. The Labute approximate surface area is 177 Å². The van der Waals surface area contributed by atoms with Gasteiger partial charge in [0.25, 0.3) is 0 Å². The van der Waals surface area contributed by atoms with E-state index in [2.05, 4.69) is 67.4 Å². The van der Waals surface area contributed by atoms with Crippen molar-refractivity contribution >= 4 is 27.4 Å². The van der Waals surface area contributed by atoms with Crippen molar-refractivity contribution in [2.75, 3.05) is 0 Å². The van der Waals surface area contributed by atoms with Crippen molar-refractivity contribution in [3.05, 3.63) is 54.1 Å². The number of rotatable bonds is 13. The number of allylic oxidation sites excluding steroid dienone is 2. The van der Waals surface area contributed by atoms with Crippen molar-refractivity contribution < 1.29 is 0 Å². The third-order valence-corrected chi connectivity index (χ3v) is 6.12. The number of hydrogen-bond donors (Lipinski definition) is 1. The van der Waals surface area contributed by atoms with Gasteiger partial charge >= 0.3 is 0 Å². The minimum Gasteiger partial charge on any atom is -0.354 e. The molecule has 1 N–H and O–H groups in total. The maximum Gasteiger partial charge on any atom is 0.0471 e. The van der Waals surface area contributed by atoms with Crippen LogP contribution in [0.15, 0.2) is 48.5 Å². The van der Waals surface area contributed by atoms with Crippen molar-refractivity contribution in [3.8, 4) is 0 Å². The fourth-order valence-electron chi connectivity index (χ4n) is 4.46. The molecule has 29 heavy (non-hydrogen) atoms. The summed E-state index contributed by atoms with van der Waals surface area (Å²) in [6, 6.07) is 15.5. The van der Waals surface area contributed by atoms with Gasteiger partial charge in [0.15, 0.2) is 0 Å². The summed E-state index contributed by atoms with van der Waals surface area (Å²) in [4.78, 5) is 3.62. The summed E-state index contributed by atoms with van der Waals surface area (Å²) < 4.78 is 0. The van der Waals surface area contributed by atoms with Gasteiger partial charge in [-0.05, 0) is 49.0 Å². The molecule has 0 amide bonds. The third-order valence-electron chi connectivity index (χ3n) is 6.12. The van der Waals surface area contributed by atoms with Crippen molar-refractivity contribution in [2.24, 2.45) is 0 Å². The summed E-state index contributed by atoms with van der Waals surface area (Å²) in [5.74, 6) is 0. The van der Waals surface area contributed by atoms with E-state index in [4.69, 9.17) is 0 Å². The molecule has 1 nitrogen and oxygen atoms in total. The first-order valence-corrected chi connectivity index (χ1v) is 12.0. The van der Waals surface area contributed by atoms with Gasteiger partial charge in [-0.15, -0.1) is 0 Å². The monoisotopic (exact) mass is 389 g/mol. The van der Waals surface area contributed by atoms with E-state index < -0.39 is 0 Å². The van der Waals surface area contributed by atoms with Gasteiger partial charge in [0.2, 0.25) is 0 Å². The molecule has 3 aromatic rings. The lowest BCUT2D eigenvalue weighted by Crippen LogP contribution is -1.89. The van der Waals surface area contributed by atoms with Crippen molar-refractivity contribution in [3.63, 3.8) is 0 Å². The van der Waals surface area contributed by atoms with Gasteiger partial charge in [-0.3, -0.25) is 0 Å². The Balaban J connectivity index is 1.82. The first kappa shape index (κ1) is 21.7. The molecule has 3 rings (SSSR count). The molecule has 0 saturated heterocycles. The second-order valence-electron chi connectivity index (χ2n) is 8.50. The Bertz CT molecular complexity index is 899. The third kappa shape index (κ3) is 5.98. The van der Waals surface area contributed by atoms with Crippen molar-refractivity contribution in [1.82, 2.24) is 4.98 Å². The van der Waals surface area contributed by atoms with Crippen LogP contribution in [0.3, 0.4) is 0 Å². The first-order chi connectivity index (χ1) is 14.3. The van der Waals surface area contributed by atoms with Gasteiger partial charge in [-0.25, -0.2) is 0 Å². The second kappa shape index (κ2) is 11.9. The topological polar surface area (TPSA) is 15.8 Å². The average Bonchev–Trinajstić information content (AvgIpc) is 3.13. The molecular weight excluding hydrogens is 350 g/mol. The van der Waals surface area contributed by atoms with E-state index in [0.29, 0.717) is 0 Å². The van der Waals surface area contributed by atoms with E-state index in [1.165, 1.54) is 104 Å². The molecule has 0 aliphatic rings. The minimum atomic E-state index is 1.21. The van der Waals surface area contributed by atoms with Crippen LogP contribution in [0, 0.1) is 0 Å². The molecule has 0 unspecified atom stereocenters. The van der Waals surface area contributed by atoms with Crippen LogP contribution >= 0.6 is 0 Å². The molecule has 0 fully saturated rings. The van der Waals surface area contributed by atoms with Crippen LogP contribution in [0.25, 0.3) is 27.4 Å². The molecule has 0 radical (unpaired) electrons. The van der Waals surface area contributed by atoms with Gasteiger partial charge in [0, 0.05) is 21.8 Å². The van der Waals surface area contributed by atoms with Gasteiger partial charge in [0.05, 0.1) is 0 Å². The molecular formula is C28H39N. The second-order valence-corrected chi connectivity index (χ2v) is 8.50. The molecule has 0 spiro atoms. The number of fused-ring (bicyclic) bond motifs is 3. The van der Waals surface area contributed by atoms with E-state index in [0.717, 1.165) is 0 Å². The molecule has 1 aromatic heterocycles. The van der Waals surface area contributed by atoms with Crippen molar-refractivity contribution in [1.29, 1.82) is 0 Å². The summed E-state index contributed by atoms with van der Waals surface area (Å²) in [7, 11) is 0. The normalized spacial score (nSPS) is 12.3. The highest BCUT2D eigenvalue weighted by Crippen LogP contribution is 2.34. The van der Waals surface area contributed by atoms with Crippen LogP contribution < -0.4 is 0 Å². The molecule has 0 saturated carbocycles. The largest absolute Gasteiger partial charge is 0.354 e. The molecule has 0 atom stereocenters. The zero-order valence-corrected chi connectivity index (χ0v) is 18.6. The number of hydrogen-bond acceptors (Lipinski definition) is 0. The van der Waals surface area contributed by atoms with Crippen LogP contribution in [0.5, 0.6) is 0 Å². The maximum absolute atomic E-state index is 3.62.